The van der Waals surface area contributed by atoms with Crippen LogP contribution in [0.15, 0.2) is 18.2 Å². The maximum atomic E-state index is 12.6. The van der Waals surface area contributed by atoms with E-state index in [4.69, 9.17) is 16.3 Å². The smallest absolute Gasteiger partial charge is 0.318 e. The molecular weight excluding hydrogens is 364 g/mol. The second-order valence-electron chi connectivity index (χ2n) is 7.25. The number of carbonyl (C=O) groups excluding carboxylic acids is 1. The Bertz CT molecular complexity index is 813. The van der Waals surface area contributed by atoms with Gasteiger partial charge < -0.3 is 15.0 Å². The zero-order valence-electron chi connectivity index (χ0n) is 13.8. The van der Waals surface area contributed by atoms with Crippen molar-refractivity contribution in [3.8, 4) is 0 Å². The predicted octanol–water partition coefficient (Wildman–Crippen LogP) is 2.10. The number of nitrogens with one attached hydrogen (secondary N) is 1. The van der Waals surface area contributed by atoms with Gasteiger partial charge in [-0.15, -0.1) is 0 Å². The summed E-state index contributed by atoms with van der Waals surface area (Å²) in [5.74, 6) is 0.241. The lowest BCUT2D eigenvalue weighted by molar-refractivity contribution is -0.0691. The molecule has 3 aliphatic heterocycles. The number of amides is 2. The van der Waals surface area contributed by atoms with Crippen molar-refractivity contribution >= 4 is 27.5 Å². The molecule has 6 nitrogen and oxygen atoms in total. The minimum atomic E-state index is -3.03. The van der Waals surface area contributed by atoms with Crippen LogP contribution in [0.25, 0.3) is 0 Å². The van der Waals surface area contributed by atoms with Gasteiger partial charge in [0.25, 0.3) is 0 Å². The van der Waals surface area contributed by atoms with Gasteiger partial charge in [0, 0.05) is 30.8 Å². The zero-order valence-corrected chi connectivity index (χ0v) is 15.4. The third-order valence-electron chi connectivity index (χ3n) is 5.39. The molecule has 25 heavy (non-hydrogen) atoms. The number of fused-ring (bicyclic) bond motifs is 1. The zero-order chi connectivity index (χ0) is 17.7. The predicted molar refractivity (Wildman–Crippen MR) is 94.2 cm³/mol. The lowest BCUT2D eigenvalue weighted by atomic mass is 9.90. The summed E-state index contributed by atoms with van der Waals surface area (Å²) in [6.07, 6.45) is 1.78. The van der Waals surface area contributed by atoms with Gasteiger partial charge in [0.1, 0.15) is 0 Å². The first-order chi connectivity index (χ1) is 11.9. The molecule has 2 saturated heterocycles. The molecule has 3 aliphatic rings. The van der Waals surface area contributed by atoms with E-state index in [1.807, 2.05) is 18.2 Å². The number of urea groups is 1. The van der Waals surface area contributed by atoms with Crippen LogP contribution in [-0.2, 0) is 27.7 Å². The van der Waals surface area contributed by atoms with Gasteiger partial charge in [0.2, 0.25) is 0 Å². The summed E-state index contributed by atoms with van der Waals surface area (Å²) in [5, 5.41) is 3.75. The lowest BCUT2D eigenvalue weighted by Crippen LogP contribution is -2.51. The van der Waals surface area contributed by atoms with Crippen LogP contribution in [-0.4, -0.2) is 49.1 Å². The molecule has 1 spiro atoms. The van der Waals surface area contributed by atoms with Crippen LogP contribution in [0.4, 0.5) is 4.79 Å². The van der Waals surface area contributed by atoms with E-state index in [9.17, 15) is 13.2 Å². The van der Waals surface area contributed by atoms with Gasteiger partial charge >= 0.3 is 6.03 Å². The first-order valence-corrected chi connectivity index (χ1v) is 10.7. The molecule has 1 aromatic carbocycles. The monoisotopic (exact) mass is 384 g/mol. The molecule has 2 fully saturated rings. The Kier molecular flexibility index (Phi) is 4.21. The van der Waals surface area contributed by atoms with Gasteiger partial charge in [-0.2, -0.15) is 0 Å². The largest absolute Gasteiger partial charge is 0.374 e. The molecule has 8 heteroatoms. The van der Waals surface area contributed by atoms with Gasteiger partial charge in [0.05, 0.1) is 17.1 Å². The van der Waals surface area contributed by atoms with Crippen molar-refractivity contribution in [3.05, 3.63) is 34.3 Å². The van der Waals surface area contributed by atoms with Crippen molar-refractivity contribution in [1.29, 1.82) is 0 Å². The molecule has 0 bridgehead atoms. The number of carbonyl (C=O) groups is 1. The molecular formula is C17H21ClN2O4S. The molecule has 0 saturated carbocycles. The van der Waals surface area contributed by atoms with Gasteiger partial charge in [-0.1, -0.05) is 23.7 Å². The Balaban J connectivity index is 1.40. The lowest BCUT2D eigenvalue weighted by Gasteiger charge is -2.38. The highest BCUT2D eigenvalue weighted by Gasteiger charge is 2.47. The summed E-state index contributed by atoms with van der Waals surface area (Å²) in [5.41, 5.74) is 1.46. The summed E-state index contributed by atoms with van der Waals surface area (Å²) in [6.45, 7) is 1.53. The molecule has 2 amide bonds. The minimum Gasteiger partial charge on any atom is -0.374 e. The number of rotatable bonds is 1. The van der Waals surface area contributed by atoms with Crippen LogP contribution in [0.1, 0.15) is 30.4 Å². The summed E-state index contributed by atoms with van der Waals surface area (Å²) in [4.78, 5) is 14.4. The number of benzene rings is 1. The number of hydrogen-bond donors (Lipinski definition) is 1. The van der Waals surface area contributed by atoms with E-state index in [-0.39, 0.29) is 23.6 Å². The Morgan fingerprint density at radius 3 is 2.92 bits per heavy atom. The summed E-state index contributed by atoms with van der Waals surface area (Å²) >= 11 is 6.21. The molecule has 3 heterocycles. The maximum Gasteiger partial charge on any atom is 0.318 e. The van der Waals surface area contributed by atoms with Gasteiger partial charge in [-0.05, 0) is 36.5 Å². The number of sulfone groups is 1. The summed E-state index contributed by atoms with van der Waals surface area (Å²) in [6, 6.07) is 5.53. The van der Waals surface area contributed by atoms with E-state index in [2.05, 4.69) is 5.32 Å². The molecule has 0 aliphatic carbocycles. The second kappa shape index (κ2) is 6.14. The third kappa shape index (κ3) is 3.37. The molecule has 1 aromatic rings. The summed E-state index contributed by atoms with van der Waals surface area (Å²) < 4.78 is 29.4. The molecule has 4 rings (SSSR count). The van der Waals surface area contributed by atoms with Crippen molar-refractivity contribution in [2.45, 2.75) is 44.0 Å². The number of ether oxygens (including phenoxy) is 1. The summed E-state index contributed by atoms with van der Waals surface area (Å²) in [7, 11) is -3.03. The Labute approximate surface area is 152 Å². The fourth-order valence-corrected chi connectivity index (χ4v) is 6.33. The van der Waals surface area contributed by atoms with Crippen molar-refractivity contribution < 1.29 is 17.9 Å². The van der Waals surface area contributed by atoms with Gasteiger partial charge in [0.15, 0.2) is 9.84 Å². The van der Waals surface area contributed by atoms with E-state index in [1.54, 1.807) is 4.90 Å². The third-order valence-corrected chi connectivity index (χ3v) is 7.53. The molecule has 2 unspecified atom stereocenters. The Morgan fingerprint density at radius 2 is 2.20 bits per heavy atom. The van der Waals surface area contributed by atoms with Crippen LogP contribution in [0, 0.1) is 0 Å². The van der Waals surface area contributed by atoms with Crippen molar-refractivity contribution in [3.63, 3.8) is 0 Å². The normalized spacial score (nSPS) is 30.4. The maximum absolute atomic E-state index is 12.6. The van der Waals surface area contributed by atoms with E-state index in [0.29, 0.717) is 44.0 Å². The molecule has 0 aromatic heterocycles. The highest BCUT2D eigenvalue weighted by molar-refractivity contribution is 7.91. The van der Waals surface area contributed by atoms with Crippen molar-refractivity contribution in [1.82, 2.24) is 10.2 Å². The first-order valence-electron chi connectivity index (χ1n) is 8.52. The number of halogens is 1. The van der Waals surface area contributed by atoms with E-state index < -0.39 is 15.4 Å². The molecule has 0 radical (unpaired) electrons. The van der Waals surface area contributed by atoms with Crippen LogP contribution < -0.4 is 5.32 Å². The van der Waals surface area contributed by atoms with E-state index in [0.717, 1.165) is 11.1 Å². The quantitative estimate of drug-likeness (QED) is 0.804. The first kappa shape index (κ1) is 17.1. The number of nitrogens with zero attached hydrogens (tertiary/aromatic N) is 1. The highest BCUT2D eigenvalue weighted by Crippen LogP contribution is 2.36. The SMILES string of the molecule is O=C(NC1CCOC2(CCS(=O)(=O)C2)C1)N1Cc2cccc(Cl)c2C1. The van der Waals surface area contributed by atoms with Gasteiger partial charge in [-0.3, -0.25) is 0 Å². The minimum absolute atomic E-state index is 0.0614. The van der Waals surface area contributed by atoms with Gasteiger partial charge in [-0.25, -0.2) is 13.2 Å². The average molecular weight is 385 g/mol. The molecule has 136 valence electrons. The van der Waals surface area contributed by atoms with Crippen LogP contribution in [0.3, 0.4) is 0 Å². The second-order valence-corrected chi connectivity index (χ2v) is 9.84. The Hall–Kier alpha value is -1.31. The van der Waals surface area contributed by atoms with Crippen LogP contribution >= 0.6 is 11.6 Å². The molecule has 2 atom stereocenters. The number of hydrogen-bond acceptors (Lipinski definition) is 4. The highest BCUT2D eigenvalue weighted by atomic mass is 35.5. The fourth-order valence-electron chi connectivity index (χ4n) is 4.10. The van der Waals surface area contributed by atoms with E-state index >= 15 is 0 Å². The van der Waals surface area contributed by atoms with Crippen LogP contribution in [0.2, 0.25) is 5.02 Å². The standard InChI is InChI=1S/C17H21ClN2O4S/c18-15-3-1-2-12-9-20(10-14(12)15)16(21)19-13-4-6-24-17(8-13)5-7-25(22,23)11-17/h1-3,13H,4-11H2,(H,19,21). The van der Waals surface area contributed by atoms with Crippen molar-refractivity contribution in [2.75, 3.05) is 18.1 Å². The van der Waals surface area contributed by atoms with Crippen LogP contribution in [0.5, 0.6) is 0 Å². The van der Waals surface area contributed by atoms with E-state index in [1.165, 1.54) is 0 Å². The topological polar surface area (TPSA) is 75.7 Å². The Morgan fingerprint density at radius 1 is 1.36 bits per heavy atom. The fraction of sp³-hybridized carbons (Fsp3) is 0.588. The van der Waals surface area contributed by atoms with Crippen molar-refractivity contribution in [2.24, 2.45) is 0 Å². The average Bonchev–Trinajstić information content (AvgIpc) is 3.10. The molecule has 1 N–H and O–H groups in total.